The highest BCUT2D eigenvalue weighted by molar-refractivity contribution is 5.86. The Labute approximate surface area is 88.5 Å². The van der Waals surface area contributed by atoms with E-state index >= 15 is 0 Å². The van der Waals surface area contributed by atoms with Gasteiger partial charge in [0.1, 0.15) is 6.54 Å². The van der Waals surface area contributed by atoms with Crippen LogP contribution in [0.1, 0.15) is 13.3 Å². The molecule has 0 spiro atoms. The van der Waals surface area contributed by atoms with Gasteiger partial charge in [-0.1, -0.05) is 6.58 Å². The van der Waals surface area contributed by atoms with Gasteiger partial charge in [-0.2, -0.15) is 0 Å². The second-order valence-electron chi connectivity index (χ2n) is 3.00. The summed E-state index contributed by atoms with van der Waals surface area (Å²) >= 11 is 0. The quantitative estimate of drug-likeness (QED) is 0.149. The molecule has 7 heteroatoms. The lowest BCUT2D eigenvalue weighted by atomic mass is 10.4. The number of esters is 1. The van der Waals surface area contributed by atoms with Gasteiger partial charge in [-0.25, -0.2) is 10.6 Å². The van der Waals surface area contributed by atoms with E-state index in [4.69, 9.17) is 15.8 Å². The molecule has 0 saturated carbocycles. The Balaban J connectivity index is 3.46. The Morgan fingerprint density at radius 3 is 2.67 bits per heavy atom. The summed E-state index contributed by atoms with van der Waals surface area (Å²) in [4.78, 5) is 15.6. The molecule has 0 atom stereocenters. The third-order valence-electron chi connectivity index (χ3n) is 1.31. The van der Waals surface area contributed by atoms with Crippen molar-refractivity contribution in [1.82, 2.24) is 10.4 Å². The predicted octanol–water partition coefficient (Wildman–Crippen LogP) is -0.910. The van der Waals surface area contributed by atoms with E-state index in [0.717, 1.165) is 10.4 Å². The van der Waals surface area contributed by atoms with E-state index in [9.17, 15) is 4.79 Å². The van der Waals surface area contributed by atoms with E-state index in [2.05, 4.69) is 11.5 Å². The first-order chi connectivity index (χ1) is 6.93. The lowest BCUT2D eigenvalue weighted by Gasteiger charge is -2.13. The molecule has 7 nitrogen and oxygen atoms in total. The predicted molar refractivity (Wildman–Crippen MR) is 53.7 cm³/mol. The molecule has 0 aliphatic carbocycles. The van der Waals surface area contributed by atoms with Gasteiger partial charge in [0.25, 0.3) is 0 Å². The highest BCUT2D eigenvalue weighted by Gasteiger charge is 2.08. The zero-order valence-electron chi connectivity index (χ0n) is 9.02. The van der Waals surface area contributed by atoms with Gasteiger partial charge in [0.05, 0.1) is 11.8 Å². The molecule has 0 bridgehead atoms. The topological polar surface area (TPSA) is 90.9 Å². The normalized spacial score (nSPS) is 10.8. The maximum Gasteiger partial charge on any atom is 0.333 e. The van der Waals surface area contributed by atoms with Gasteiger partial charge in [-0.3, -0.25) is 0 Å². The van der Waals surface area contributed by atoms with Crippen LogP contribution in [0.4, 0.5) is 0 Å². The molecule has 0 amide bonds. The van der Waals surface area contributed by atoms with Crippen molar-refractivity contribution in [2.45, 2.75) is 13.3 Å². The summed E-state index contributed by atoms with van der Waals surface area (Å²) in [5.41, 5.74) is 0.357. The SMILES string of the molecule is C=C(C)C(=O)OCCCN([OH2+])ON(C)N. The Morgan fingerprint density at radius 2 is 2.20 bits per heavy atom. The molecular formula is C8H18N3O4+. The first kappa shape index (κ1) is 14.0. The number of hydrazine groups is 1. The molecule has 4 N–H and O–H groups in total. The second-order valence-corrected chi connectivity index (χ2v) is 3.00. The Bertz CT molecular complexity index is 220. The van der Waals surface area contributed by atoms with Crippen LogP contribution in [0.15, 0.2) is 12.2 Å². The van der Waals surface area contributed by atoms with Crippen molar-refractivity contribution in [3.8, 4) is 0 Å². The van der Waals surface area contributed by atoms with Crippen molar-refractivity contribution in [3.63, 3.8) is 0 Å². The molecule has 0 saturated heterocycles. The van der Waals surface area contributed by atoms with Crippen LogP contribution in [0.5, 0.6) is 0 Å². The molecule has 0 rings (SSSR count). The van der Waals surface area contributed by atoms with Crippen LogP contribution in [-0.4, -0.2) is 41.8 Å². The molecule has 0 radical (unpaired) electrons. The van der Waals surface area contributed by atoms with E-state index in [1.807, 2.05) is 0 Å². The highest BCUT2D eigenvalue weighted by Crippen LogP contribution is 1.95. The fraction of sp³-hybridized carbons (Fsp3) is 0.625. The minimum atomic E-state index is -0.427. The number of hydrogen-bond donors (Lipinski definition) is 1. The third-order valence-corrected chi connectivity index (χ3v) is 1.31. The maximum atomic E-state index is 10.9. The van der Waals surface area contributed by atoms with Crippen molar-refractivity contribution in [3.05, 3.63) is 12.2 Å². The average molecular weight is 220 g/mol. The van der Waals surface area contributed by atoms with E-state index in [-0.39, 0.29) is 13.2 Å². The number of hydroxylamine groups is 3. The van der Waals surface area contributed by atoms with Gasteiger partial charge in [-0.05, 0) is 6.92 Å². The van der Waals surface area contributed by atoms with Crippen molar-refractivity contribution in [1.29, 1.82) is 0 Å². The molecule has 0 aliphatic rings. The van der Waals surface area contributed by atoms with Crippen LogP contribution < -0.4 is 5.84 Å². The molecule has 0 heterocycles. The molecule has 0 fully saturated rings. The molecule has 0 aliphatic heterocycles. The highest BCUT2D eigenvalue weighted by atomic mass is 17.0. The van der Waals surface area contributed by atoms with Crippen molar-refractivity contribution < 1.29 is 19.7 Å². The van der Waals surface area contributed by atoms with E-state index < -0.39 is 5.97 Å². The number of rotatable bonds is 7. The fourth-order valence-corrected chi connectivity index (χ4v) is 0.693. The van der Waals surface area contributed by atoms with E-state index in [0.29, 0.717) is 12.0 Å². The molecule has 0 unspecified atom stereocenters. The summed E-state index contributed by atoms with van der Waals surface area (Å²) in [5.74, 6) is 4.71. The third kappa shape index (κ3) is 8.03. The summed E-state index contributed by atoms with van der Waals surface area (Å²) in [7, 11) is 1.46. The lowest BCUT2D eigenvalue weighted by Crippen LogP contribution is -2.35. The molecule has 0 aromatic heterocycles. The average Bonchev–Trinajstić information content (AvgIpc) is 2.10. The van der Waals surface area contributed by atoms with Crippen LogP contribution >= 0.6 is 0 Å². The molecular weight excluding hydrogens is 202 g/mol. The standard InChI is InChI=1S/C8H17N3O4/c1-7(2)8(12)14-6-4-5-11(13)15-10(3)9/h13H,1,4-6,9H2,2-3H3/p+1. The zero-order valence-corrected chi connectivity index (χ0v) is 9.02. The summed E-state index contributed by atoms with van der Waals surface area (Å²) in [6, 6.07) is 0. The van der Waals surface area contributed by atoms with Gasteiger partial charge in [0.15, 0.2) is 0 Å². The molecule has 88 valence electrons. The Hall–Kier alpha value is -0.990. The van der Waals surface area contributed by atoms with Gasteiger partial charge < -0.3 is 9.94 Å². The van der Waals surface area contributed by atoms with Crippen molar-refractivity contribution in [2.75, 3.05) is 20.2 Å². The smallest absolute Gasteiger partial charge is 0.333 e. The van der Waals surface area contributed by atoms with E-state index in [1.165, 1.54) is 7.05 Å². The van der Waals surface area contributed by atoms with Gasteiger partial charge in [-0.15, -0.1) is 10.1 Å². The first-order valence-corrected chi connectivity index (χ1v) is 4.41. The van der Waals surface area contributed by atoms with Crippen LogP contribution in [0.25, 0.3) is 0 Å². The van der Waals surface area contributed by atoms with Gasteiger partial charge >= 0.3 is 5.97 Å². The van der Waals surface area contributed by atoms with Crippen LogP contribution in [-0.2, 0) is 14.5 Å². The number of carbonyl (C=O) groups is 1. The fourth-order valence-electron chi connectivity index (χ4n) is 0.693. The van der Waals surface area contributed by atoms with Gasteiger partial charge in [0.2, 0.25) is 0 Å². The second kappa shape index (κ2) is 7.32. The minimum Gasteiger partial charge on any atom is -0.462 e. The number of nitrogens with zero attached hydrogens (tertiary/aromatic N) is 2. The summed E-state index contributed by atoms with van der Waals surface area (Å²) in [6.45, 7) is 5.52. The number of carbonyl (C=O) groups excluding carboxylic acids is 1. The number of ether oxygens (including phenoxy) is 1. The van der Waals surface area contributed by atoms with Crippen LogP contribution in [0.2, 0.25) is 0 Å². The van der Waals surface area contributed by atoms with Crippen LogP contribution in [0, 0.1) is 0 Å². The summed E-state index contributed by atoms with van der Waals surface area (Å²) in [5, 5.41) is 8.91. The maximum absolute atomic E-state index is 10.9. The number of hydrogen-bond acceptors (Lipinski definition) is 6. The first-order valence-electron chi connectivity index (χ1n) is 4.41. The Kier molecular flexibility index (Phi) is 6.84. The van der Waals surface area contributed by atoms with Crippen LogP contribution in [0.3, 0.4) is 0 Å². The molecule has 0 aromatic rings. The monoisotopic (exact) mass is 220 g/mol. The number of nitrogens with two attached hydrogens (primary N) is 1. The van der Waals surface area contributed by atoms with Crippen molar-refractivity contribution in [2.24, 2.45) is 5.84 Å². The zero-order chi connectivity index (χ0) is 11.8. The summed E-state index contributed by atoms with van der Waals surface area (Å²) < 4.78 is 4.81. The lowest BCUT2D eigenvalue weighted by molar-refractivity contribution is -0.434. The minimum absolute atomic E-state index is 0.221. The molecule has 15 heavy (non-hydrogen) atoms. The largest absolute Gasteiger partial charge is 0.462 e. The van der Waals surface area contributed by atoms with E-state index in [1.54, 1.807) is 6.92 Å². The Morgan fingerprint density at radius 1 is 1.60 bits per heavy atom. The molecule has 0 aromatic carbocycles. The van der Waals surface area contributed by atoms with Crippen molar-refractivity contribution >= 4 is 5.97 Å². The summed E-state index contributed by atoms with van der Waals surface area (Å²) in [6.07, 6.45) is 0.482. The van der Waals surface area contributed by atoms with Gasteiger partial charge in [0, 0.05) is 19.0 Å².